The number of carbonyl (C=O) groups is 1. The molecule has 2 aromatic rings. The maximum Gasteiger partial charge on any atom is 0.319 e. The maximum atomic E-state index is 13.1. The third kappa shape index (κ3) is 6.70. The molecule has 0 bridgehead atoms. The summed E-state index contributed by atoms with van der Waals surface area (Å²) in [6, 6.07) is 8.73. The van der Waals surface area contributed by atoms with E-state index < -0.39 is 39.8 Å². The molecule has 2 amide bonds. The van der Waals surface area contributed by atoms with Crippen LogP contribution in [-0.4, -0.2) is 51.0 Å². The molecule has 11 heteroatoms. The molecule has 1 saturated heterocycles. The fourth-order valence-corrected chi connectivity index (χ4v) is 4.71. The number of ether oxygens (including phenoxy) is 1. The van der Waals surface area contributed by atoms with E-state index >= 15 is 0 Å². The summed E-state index contributed by atoms with van der Waals surface area (Å²) in [5.41, 5.74) is 0.453. The number of anilines is 1. The minimum atomic E-state index is -3.89. The van der Waals surface area contributed by atoms with Crippen molar-refractivity contribution in [1.82, 2.24) is 10.0 Å². The van der Waals surface area contributed by atoms with Gasteiger partial charge in [0.1, 0.15) is 11.6 Å². The van der Waals surface area contributed by atoms with Gasteiger partial charge in [0.25, 0.3) is 0 Å². The molecular weight excluding hydrogens is 444 g/mol. The number of rotatable bonds is 8. The Kier molecular flexibility index (Phi) is 8.13. The predicted octanol–water partition coefficient (Wildman–Crippen LogP) is 2.36. The molecule has 32 heavy (non-hydrogen) atoms. The first-order chi connectivity index (χ1) is 15.3. The Labute approximate surface area is 185 Å². The van der Waals surface area contributed by atoms with Gasteiger partial charge in [-0.15, -0.1) is 0 Å². The molecule has 1 aliphatic heterocycles. The van der Waals surface area contributed by atoms with Crippen molar-refractivity contribution >= 4 is 21.7 Å². The van der Waals surface area contributed by atoms with Gasteiger partial charge < -0.3 is 20.5 Å². The normalized spacial score (nSPS) is 21.2. The van der Waals surface area contributed by atoms with Crippen molar-refractivity contribution in [3.8, 4) is 0 Å². The van der Waals surface area contributed by atoms with Gasteiger partial charge in [-0.05, 0) is 67.8 Å². The topological polar surface area (TPSA) is 117 Å². The third-order valence-corrected chi connectivity index (χ3v) is 6.59. The highest BCUT2D eigenvalue weighted by molar-refractivity contribution is 7.89. The first-order valence-corrected chi connectivity index (χ1v) is 11.6. The first kappa shape index (κ1) is 24.1. The van der Waals surface area contributed by atoms with Crippen LogP contribution in [0.4, 0.5) is 19.3 Å². The van der Waals surface area contributed by atoms with E-state index in [0.29, 0.717) is 31.5 Å². The van der Waals surface area contributed by atoms with Gasteiger partial charge in [0.05, 0.1) is 29.8 Å². The van der Waals surface area contributed by atoms with Crippen molar-refractivity contribution in [1.29, 1.82) is 0 Å². The van der Waals surface area contributed by atoms with Crippen LogP contribution in [0.3, 0.4) is 0 Å². The standard InChI is InChI=1S/C21H25F2N3O5S/c22-14-1-5-16(6-2-14)25-21(28)24-12-11-17-7-10-19(20(13-27)31-17)26-32(29,30)18-8-3-15(23)4-9-18/h1-6,8-9,17,19-20,26-27H,7,10-13H2,(H2,24,25,28)/t17-,19+,20-/m0/s1. The van der Waals surface area contributed by atoms with Crippen LogP contribution in [-0.2, 0) is 14.8 Å². The van der Waals surface area contributed by atoms with Crippen molar-refractivity contribution in [3.63, 3.8) is 0 Å². The van der Waals surface area contributed by atoms with E-state index in [1.807, 2.05) is 0 Å². The molecule has 0 unspecified atom stereocenters. The summed E-state index contributed by atoms with van der Waals surface area (Å²) < 4.78 is 59.3. The number of nitrogens with one attached hydrogen (secondary N) is 3. The average molecular weight is 470 g/mol. The lowest BCUT2D eigenvalue weighted by Gasteiger charge is -2.36. The number of urea groups is 1. The van der Waals surface area contributed by atoms with Crippen LogP contribution in [0.1, 0.15) is 19.3 Å². The summed E-state index contributed by atoms with van der Waals surface area (Å²) in [7, 11) is -3.89. The van der Waals surface area contributed by atoms with Gasteiger partial charge in [0.2, 0.25) is 10.0 Å². The molecule has 174 valence electrons. The smallest absolute Gasteiger partial charge is 0.319 e. The van der Waals surface area contributed by atoms with Crippen LogP contribution in [0.5, 0.6) is 0 Å². The van der Waals surface area contributed by atoms with Crippen LogP contribution in [0, 0.1) is 11.6 Å². The fourth-order valence-electron chi connectivity index (χ4n) is 3.42. The summed E-state index contributed by atoms with van der Waals surface area (Å²) in [4.78, 5) is 11.9. The molecule has 0 spiro atoms. The van der Waals surface area contributed by atoms with Crippen LogP contribution >= 0.6 is 0 Å². The van der Waals surface area contributed by atoms with E-state index in [9.17, 15) is 27.1 Å². The molecule has 3 rings (SSSR count). The summed E-state index contributed by atoms with van der Waals surface area (Å²) in [6.45, 7) is -0.0899. The maximum absolute atomic E-state index is 13.1. The molecule has 3 atom stereocenters. The van der Waals surface area contributed by atoms with Crippen molar-refractivity contribution in [2.75, 3.05) is 18.5 Å². The minimum Gasteiger partial charge on any atom is -0.394 e. The largest absolute Gasteiger partial charge is 0.394 e. The molecule has 2 aromatic carbocycles. The summed E-state index contributed by atoms with van der Waals surface area (Å²) >= 11 is 0. The van der Waals surface area contributed by atoms with Gasteiger partial charge in [-0.25, -0.2) is 26.7 Å². The molecule has 1 fully saturated rings. The Balaban J connectivity index is 1.46. The van der Waals surface area contributed by atoms with E-state index in [-0.39, 0.29) is 17.6 Å². The molecule has 1 aliphatic rings. The van der Waals surface area contributed by atoms with Crippen LogP contribution in [0.2, 0.25) is 0 Å². The highest BCUT2D eigenvalue weighted by atomic mass is 32.2. The zero-order chi connectivity index (χ0) is 23.1. The highest BCUT2D eigenvalue weighted by Gasteiger charge is 2.33. The zero-order valence-corrected chi connectivity index (χ0v) is 17.9. The number of carbonyl (C=O) groups excluding carboxylic acids is 1. The monoisotopic (exact) mass is 469 g/mol. The minimum absolute atomic E-state index is 0.0749. The molecule has 0 saturated carbocycles. The van der Waals surface area contributed by atoms with Crippen LogP contribution < -0.4 is 15.4 Å². The lowest BCUT2D eigenvalue weighted by atomic mass is 9.98. The van der Waals surface area contributed by atoms with Gasteiger partial charge in [0.15, 0.2) is 0 Å². The first-order valence-electron chi connectivity index (χ1n) is 10.1. The van der Waals surface area contributed by atoms with Crippen LogP contribution in [0.25, 0.3) is 0 Å². The van der Waals surface area contributed by atoms with Gasteiger partial charge in [0, 0.05) is 12.2 Å². The SMILES string of the molecule is O=C(NCC[C@@H]1CC[C@@H](NS(=O)(=O)c2ccc(F)cc2)[C@H](CO)O1)Nc1ccc(F)cc1. The second-order valence-electron chi connectivity index (χ2n) is 7.41. The van der Waals surface area contributed by atoms with Gasteiger partial charge >= 0.3 is 6.03 Å². The van der Waals surface area contributed by atoms with Crippen LogP contribution in [0.15, 0.2) is 53.4 Å². The number of aliphatic hydroxyl groups is 1. The second-order valence-corrected chi connectivity index (χ2v) is 9.13. The molecule has 8 nitrogen and oxygen atoms in total. The van der Waals surface area contributed by atoms with Crippen molar-refractivity contribution < 1.29 is 31.8 Å². The molecule has 4 N–H and O–H groups in total. The summed E-state index contributed by atoms with van der Waals surface area (Å²) in [5, 5.41) is 14.9. The van der Waals surface area contributed by atoms with E-state index in [0.717, 1.165) is 12.1 Å². The second kappa shape index (κ2) is 10.8. The number of benzene rings is 2. The number of hydrogen-bond acceptors (Lipinski definition) is 5. The predicted molar refractivity (Wildman–Crippen MR) is 114 cm³/mol. The van der Waals surface area contributed by atoms with Gasteiger partial charge in [-0.3, -0.25) is 0 Å². The number of amides is 2. The molecule has 0 aromatic heterocycles. The van der Waals surface area contributed by atoms with Crippen molar-refractivity contribution in [3.05, 3.63) is 60.2 Å². The molecule has 0 aliphatic carbocycles. The van der Waals surface area contributed by atoms with E-state index in [1.54, 1.807) is 0 Å². The van der Waals surface area contributed by atoms with Crippen molar-refractivity contribution in [2.24, 2.45) is 0 Å². The van der Waals surface area contributed by atoms with Gasteiger partial charge in [-0.2, -0.15) is 0 Å². The summed E-state index contributed by atoms with van der Waals surface area (Å²) in [5.74, 6) is -0.942. The summed E-state index contributed by atoms with van der Waals surface area (Å²) in [6.07, 6.45) is 0.388. The van der Waals surface area contributed by atoms with E-state index in [1.165, 1.54) is 36.4 Å². The Hall–Kier alpha value is -2.60. The highest BCUT2D eigenvalue weighted by Crippen LogP contribution is 2.23. The lowest BCUT2D eigenvalue weighted by molar-refractivity contribution is -0.0871. The molecular formula is C21H25F2N3O5S. The lowest BCUT2D eigenvalue weighted by Crippen LogP contribution is -2.51. The number of hydrogen-bond donors (Lipinski definition) is 4. The van der Waals surface area contributed by atoms with Crippen molar-refractivity contribution in [2.45, 2.75) is 42.4 Å². The Morgan fingerprint density at radius 1 is 1.03 bits per heavy atom. The Morgan fingerprint density at radius 2 is 1.66 bits per heavy atom. The zero-order valence-electron chi connectivity index (χ0n) is 17.1. The molecule has 1 heterocycles. The number of aliphatic hydroxyl groups excluding tert-OH is 1. The molecule has 0 radical (unpaired) electrons. The number of halogens is 2. The Morgan fingerprint density at radius 3 is 2.28 bits per heavy atom. The number of sulfonamides is 1. The van der Waals surface area contributed by atoms with E-state index in [2.05, 4.69) is 15.4 Å². The fraction of sp³-hybridized carbons (Fsp3) is 0.381. The van der Waals surface area contributed by atoms with Gasteiger partial charge in [-0.1, -0.05) is 0 Å². The van der Waals surface area contributed by atoms with E-state index in [4.69, 9.17) is 4.74 Å². The third-order valence-electron chi connectivity index (χ3n) is 5.08. The average Bonchev–Trinajstić information content (AvgIpc) is 2.76. The quantitative estimate of drug-likeness (QED) is 0.474. The Bertz CT molecular complexity index is 1000.